The van der Waals surface area contributed by atoms with Crippen LogP contribution < -0.4 is 5.32 Å². The summed E-state index contributed by atoms with van der Waals surface area (Å²) in [4.78, 5) is 22.1. The van der Waals surface area contributed by atoms with Crippen LogP contribution in [0.5, 0.6) is 0 Å². The van der Waals surface area contributed by atoms with Gasteiger partial charge < -0.3 is 10.1 Å². The third-order valence-electron chi connectivity index (χ3n) is 2.24. The number of carbonyl (C=O) groups is 2. The molecule has 4 nitrogen and oxygen atoms in total. The van der Waals surface area contributed by atoms with E-state index in [1.165, 1.54) is 0 Å². The minimum Gasteiger partial charge on any atom is -0.459 e. The Morgan fingerprint density at radius 1 is 1.28 bits per heavy atom. The predicted octanol–water partition coefficient (Wildman–Crippen LogP) is 1.49. The molecule has 0 aromatic rings. The van der Waals surface area contributed by atoms with Crippen molar-refractivity contribution in [3.05, 3.63) is 0 Å². The molecule has 1 rings (SSSR count). The maximum absolute atomic E-state index is 12.4. The molecule has 1 aliphatic rings. The first-order chi connectivity index (χ1) is 8.31. The first-order valence-corrected chi connectivity index (χ1v) is 5.42. The smallest absolute Gasteiger partial charge is 0.340 e. The number of alkyl halides is 4. The number of hydrogen-bond acceptors (Lipinski definition) is 3. The van der Waals surface area contributed by atoms with Gasteiger partial charge in [-0.2, -0.15) is 8.78 Å². The lowest BCUT2D eigenvalue weighted by atomic mass is 10.3. The minimum absolute atomic E-state index is 0.136. The van der Waals surface area contributed by atoms with Crippen LogP contribution in [0.3, 0.4) is 0 Å². The molecule has 104 valence electrons. The van der Waals surface area contributed by atoms with Gasteiger partial charge in [-0.3, -0.25) is 9.59 Å². The van der Waals surface area contributed by atoms with Crippen molar-refractivity contribution >= 4 is 11.9 Å². The van der Waals surface area contributed by atoms with E-state index < -0.39 is 31.3 Å². The van der Waals surface area contributed by atoms with Crippen molar-refractivity contribution in [3.8, 4) is 0 Å². The van der Waals surface area contributed by atoms with Crippen molar-refractivity contribution in [2.75, 3.05) is 6.61 Å². The molecule has 0 heterocycles. The maximum atomic E-state index is 12.4. The molecule has 0 atom stereocenters. The average molecular weight is 271 g/mol. The first-order valence-electron chi connectivity index (χ1n) is 5.42. The van der Waals surface area contributed by atoms with Crippen molar-refractivity contribution < 1.29 is 31.9 Å². The minimum atomic E-state index is -4.36. The van der Waals surface area contributed by atoms with E-state index in [1.54, 1.807) is 0 Å². The van der Waals surface area contributed by atoms with Crippen LogP contribution in [0.4, 0.5) is 17.6 Å². The van der Waals surface area contributed by atoms with Crippen LogP contribution in [-0.4, -0.2) is 36.9 Å². The number of ether oxygens (including phenoxy) is 1. The number of rotatable bonds is 7. The number of halogens is 4. The van der Waals surface area contributed by atoms with Gasteiger partial charge >= 0.3 is 18.3 Å². The van der Waals surface area contributed by atoms with E-state index in [0.717, 1.165) is 12.8 Å². The van der Waals surface area contributed by atoms with Crippen LogP contribution in [0.2, 0.25) is 0 Å². The van der Waals surface area contributed by atoms with Crippen molar-refractivity contribution in [3.63, 3.8) is 0 Å². The first kappa shape index (κ1) is 14.7. The van der Waals surface area contributed by atoms with Gasteiger partial charge in [0.1, 0.15) is 0 Å². The van der Waals surface area contributed by atoms with Crippen LogP contribution in [0.1, 0.15) is 25.7 Å². The second kappa shape index (κ2) is 6.01. The fourth-order valence-corrected chi connectivity index (χ4v) is 1.05. The van der Waals surface area contributed by atoms with Gasteiger partial charge in [0.05, 0.1) is 6.42 Å². The molecule has 8 heteroatoms. The second-order valence-corrected chi connectivity index (χ2v) is 4.06. The zero-order chi connectivity index (χ0) is 13.8. The number of hydrogen-bond donors (Lipinski definition) is 1. The molecule has 0 saturated heterocycles. The Hall–Kier alpha value is -1.34. The molecule has 0 spiro atoms. The third-order valence-corrected chi connectivity index (χ3v) is 2.24. The largest absolute Gasteiger partial charge is 0.459 e. The molecule has 18 heavy (non-hydrogen) atoms. The summed E-state index contributed by atoms with van der Waals surface area (Å²) >= 11 is 0. The summed E-state index contributed by atoms with van der Waals surface area (Å²) in [5, 5.41) is 2.58. The van der Waals surface area contributed by atoms with E-state index in [1.807, 2.05) is 0 Å². The lowest BCUT2D eigenvalue weighted by Gasteiger charge is -2.14. The van der Waals surface area contributed by atoms with Gasteiger partial charge in [-0.25, -0.2) is 8.78 Å². The predicted molar refractivity (Wildman–Crippen MR) is 52.3 cm³/mol. The van der Waals surface area contributed by atoms with E-state index in [2.05, 4.69) is 10.1 Å². The summed E-state index contributed by atoms with van der Waals surface area (Å²) in [5.74, 6) is -5.83. The van der Waals surface area contributed by atoms with Gasteiger partial charge in [0.25, 0.3) is 0 Å². The zero-order valence-corrected chi connectivity index (χ0v) is 9.43. The molecule has 0 aromatic carbocycles. The molecule has 0 aromatic heterocycles. The summed E-state index contributed by atoms with van der Waals surface area (Å²) in [7, 11) is 0. The zero-order valence-electron chi connectivity index (χ0n) is 9.43. The van der Waals surface area contributed by atoms with Crippen LogP contribution in [0.25, 0.3) is 0 Å². The van der Waals surface area contributed by atoms with Gasteiger partial charge in [-0.15, -0.1) is 0 Å². The van der Waals surface area contributed by atoms with E-state index in [4.69, 9.17) is 0 Å². The van der Waals surface area contributed by atoms with E-state index in [9.17, 15) is 27.2 Å². The summed E-state index contributed by atoms with van der Waals surface area (Å²) in [6.07, 6.45) is -2.72. The molecule has 1 saturated carbocycles. The van der Waals surface area contributed by atoms with Crippen LogP contribution >= 0.6 is 0 Å². The second-order valence-electron chi connectivity index (χ2n) is 4.06. The highest BCUT2D eigenvalue weighted by molar-refractivity contribution is 5.81. The molecule has 1 N–H and O–H groups in total. The normalized spacial score (nSPS) is 15.6. The molecule has 0 aliphatic heterocycles. The Bertz CT molecular complexity index is 318. The fourth-order valence-electron chi connectivity index (χ4n) is 1.05. The van der Waals surface area contributed by atoms with Crippen LogP contribution in [0, 0.1) is 0 Å². The standard InChI is InChI=1S/C10H13F4NO3/c11-9(12)10(13,14)5-18-8(17)4-3-7(16)15-6-1-2-6/h6,9H,1-5H2,(H,15,16). The maximum Gasteiger partial charge on any atom is 0.340 e. The summed E-state index contributed by atoms with van der Waals surface area (Å²) < 4.78 is 52.2. The Morgan fingerprint density at radius 3 is 2.39 bits per heavy atom. The molecular weight excluding hydrogens is 258 g/mol. The molecule has 1 aliphatic carbocycles. The summed E-state index contributed by atoms with van der Waals surface area (Å²) in [6, 6.07) is 0.136. The lowest BCUT2D eigenvalue weighted by molar-refractivity contribution is -0.179. The average Bonchev–Trinajstić information content (AvgIpc) is 3.07. The molecule has 1 amide bonds. The van der Waals surface area contributed by atoms with Crippen molar-refractivity contribution in [1.82, 2.24) is 5.32 Å². The van der Waals surface area contributed by atoms with Crippen molar-refractivity contribution in [2.45, 2.75) is 44.1 Å². The number of esters is 1. The van der Waals surface area contributed by atoms with Crippen LogP contribution in [0.15, 0.2) is 0 Å². The highest BCUT2D eigenvalue weighted by atomic mass is 19.3. The summed E-state index contributed by atoms with van der Waals surface area (Å²) in [6.45, 7) is -1.67. The Balaban J connectivity index is 2.14. The Labute approximate surface area is 101 Å². The summed E-state index contributed by atoms with van der Waals surface area (Å²) in [5.41, 5.74) is 0. The molecule has 0 unspecified atom stereocenters. The topological polar surface area (TPSA) is 55.4 Å². The molecular formula is C10H13F4NO3. The van der Waals surface area contributed by atoms with Gasteiger partial charge in [0.15, 0.2) is 6.61 Å². The van der Waals surface area contributed by atoms with Gasteiger partial charge in [-0.05, 0) is 12.8 Å². The van der Waals surface area contributed by atoms with Gasteiger partial charge in [0, 0.05) is 12.5 Å². The number of carbonyl (C=O) groups excluding carboxylic acids is 2. The SMILES string of the molecule is O=C(CCC(=O)OCC(F)(F)C(F)F)NC1CC1. The van der Waals surface area contributed by atoms with Gasteiger partial charge in [-0.1, -0.05) is 0 Å². The quantitative estimate of drug-likeness (QED) is 0.564. The lowest BCUT2D eigenvalue weighted by Crippen LogP contribution is -2.33. The van der Waals surface area contributed by atoms with Crippen molar-refractivity contribution in [1.29, 1.82) is 0 Å². The Kier molecular flexibility index (Phi) is 4.92. The monoisotopic (exact) mass is 271 g/mol. The number of amides is 1. The van der Waals surface area contributed by atoms with Crippen molar-refractivity contribution in [2.24, 2.45) is 0 Å². The van der Waals surface area contributed by atoms with Crippen LogP contribution in [-0.2, 0) is 14.3 Å². The van der Waals surface area contributed by atoms with E-state index in [0.29, 0.717) is 0 Å². The third kappa shape index (κ3) is 5.33. The van der Waals surface area contributed by atoms with E-state index in [-0.39, 0.29) is 18.4 Å². The number of nitrogens with one attached hydrogen (secondary N) is 1. The fraction of sp³-hybridized carbons (Fsp3) is 0.800. The molecule has 0 radical (unpaired) electrons. The van der Waals surface area contributed by atoms with Gasteiger partial charge in [0.2, 0.25) is 5.91 Å². The highest BCUT2D eigenvalue weighted by Crippen LogP contribution is 2.23. The Morgan fingerprint density at radius 2 is 1.89 bits per heavy atom. The molecule has 0 bridgehead atoms. The molecule has 1 fully saturated rings. The highest BCUT2D eigenvalue weighted by Gasteiger charge is 2.42. The van der Waals surface area contributed by atoms with E-state index >= 15 is 0 Å².